The lowest BCUT2D eigenvalue weighted by molar-refractivity contribution is 0.00604. The average Bonchev–Trinajstić information content (AvgIpc) is 2.77. The van der Waals surface area contributed by atoms with Crippen LogP contribution in [0.5, 0.6) is 0 Å². The molecule has 0 radical (unpaired) electrons. The van der Waals surface area contributed by atoms with E-state index in [9.17, 15) is 0 Å². The van der Waals surface area contributed by atoms with Crippen molar-refractivity contribution in [2.45, 2.75) is 32.9 Å². The maximum Gasteiger partial charge on any atom is 0.188 e. The number of benzene rings is 2. The van der Waals surface area contributed by atoms with Crippen molar-refractivity contribution < 1.29 is 9.84 Å². The summed E-state index contributed by atoms with van der Waals surface area (Å²) in [4.78, 5) is 3.53. The van der Waals surface area contributed by atoms with Crippen LogP contribution in [0.3, 0.4) is 0 Å². The van der Waals surface area contributed by atoms with Gasteiger partial charge in [0.05, 0.1) is 19.8 Å². The second-order valence-electron chi connectivity index (χ2n) is 7.51. The smallest absolute Gasteiger partial charge is 0.188 e. The maximum absolute atomic E-state index is 8.96. The number of anilines is 1. The summed E-state index contributed by atoms with van der Waals surface area (Å²) in [5.41, 5.74) is 2.29. The standard InChI is InChI=1S/C24H23ClN4O2/c1-16-5-6-17(13-21(16)25)15-27-23-20-14-18(26-4)7-8-19(20)22(28-29-23)9-10-24(2,3)31-12-11-30/h5-8,13-14,30H,11-12,15H2,1-3H3,(H,27,29). The number of nitrogens with zero attached hydrogens (tertiary/aromatic N) is 3. The molecule has 0 fully saturated rings. The maximum atomic E-state index is 8.96. The number of aliphatic hydroxyl groups excluding tert-OH is 1. The third kappa shape index (κ3) is 5.71. The monoisotopic (exact) mass is 434 g/mol. The molecule has 0 atom stereocenters. The van der Waals surface area contributed by atoms with Gasteiger partial charge in [-0.05, 0) is 50.0 Å². The molecule has 0 aliphatic carbocycles. The molecule has 6 nitrogen and oxygen atoms in total. The van der Waals surface area contributed by atoms with E-state index in [1.807, 2.05) is 45.0 Å². The predicted octanol–water partition coefficient (Wildman–Crippen LogP) is 4.89. The van der Waals surface area contributed by atoms with Gasteiger partial charge in [-0.2, -0.15) is 0 Å². The second-order valence-corrected chi connectivity index (χ2v) is 7.92. The first-order valence-electron chi connectivity index (χ1n) is 9.78. The molecule has 1 aromatic heterocycles. The van der Waals surface area contributed by atoms with Gasteiger partial charge < -0.3 is 15.2 Å². The Morgan fingerprint density at radius 2 is 2.00 bits per heavy atom. The van der Waals surface area contributed by atoms with E-state index in [2.05, 4.69) is 32.2 Å². The third-order valence-corrected chi connectivity index (χ3v) is 5.03. The van der Waals surface area contributed by atoms with Crippen molar-refractivity contribution in [3.8, 4) is 11.8 Å². The minimum Gasteiger partial charge on any atom is -0.394 e. The molecule has 0 unspecified atom stereocenters. The third-order valence-electron chi connectivity index (χ3n) is 4.62. The summed E-state index contributed by atoms with van der Waals surface area (Å²) in [6.07, 6.45) is 0. The molecule has 0 saturated heterocycles. The highest BCUT2D eigenvalue weighted by molar-refractivity contribution is 6.31. The molecule has 0 aliphatic heterocycles. The van der Waals surface area contributed by atoms with Crippen LogP contribution < -0.4 is 5.32 Å². The molecule has 31 heavy (non-hydrogen) atoms. The Hall–Kier alpha value is -3.16. The van der Waals surface area contributed by atoms with Crippen molar-refractivity contribution in [3.05, 3.63) is 69.7 Å². The van der Waals surface area contributed by atoms with Gasteiger partial charge in [0.1, 0.15) is 11.3 Å². The fourth-order valence-electron chi connectivity index (χ4n) is 2.91. The van der Waals surface area contributed by atoms with Gasteiger partial charge in [-0.1, -0.05) is 41.8 Å². The Kier molecular flexibility index (Phi) is 7.09. The highest BCUT2D eigenvalue weighted by atomic mass is 35.5. The van der Waals surface area contributed by atoms with E-state index in [1.54, 1.807) is 12.1 Å². The number of halogens is 1. The fourth-order valence-corrected chi connectivity index (χ4v) is 3.12. The zero-order valence-corrected chi connectivity index (χ0v) is 18.4. The van der Waals surface area contributed by atoms with Crippen LogP contribution in [0.15, 0.2) is 36.4 Å². The normalized spacial score (nSPS) is 11.0. The molecule has 7 heteroatoms. The number of hydrogen-bond donors (Lipinski definition) is 2. The zero-order valence-electron chi connectivity index (χ0n) is 17.7. The van der Waals surface area contributed by atoms with Crippen LogP contribution in [0.25, 0.3) is 15.6 Å². The molecule has 0 aliphatic rings. The van der Waals surface area contributed by atoms with Gasteiger partial charge in [-0.25, -0.2) is 4.85 Å². The Labute approximate surface area is 187 Å². The SMILES string of the molecule is [C-]#[N+]c1ccc2c(C#CC(C)(C)OCCO)nnc(NCc3ccc(C)c(Cl)c3)c2c1. The molecular formula is C24H23ClN4O2. The van der Waals surface area contributed by atoms with Crippen LogP contribution >= 0.6 is 11.6 Å². The first kappa shape index (κ1) is 22.5. The molecule has 3 rings (SSSR count). The number of nitrogens with one attached hydrogen (secondary N) is 1. The van der Waals surface area contributed by atoms with Gasteiger partial charge >= 0.3 is 0 Å². The zero-order chi connectivity index (χ0) is 22.4. The highest BCUT2D eigenvalue weighted by Crippen LogP contribution is 2.28. The van der Waals surface area contributed by atoms with Gasteiger partial charge in [0.15, 0.2) is 11.5 Å². The van der Waals surface area contributed by atoms with Crippen molar-refractivity contribution in [3.63, 3.8) is 0 Å². The van der Waals surface area contributed by atoms with E-state index >= 15 is 0 Å². The molecule has 2 aromatic carbocycles. The van der Waals surface area contributed by atoms with Crippen LogP contribution in [-0.4, -0.2) is 34.1 Å². The predicted molar refractivity (Wildman–Crippen MR) is 123 cm³/mol. The van der Waals surface area contributed by atoms with Crippen LogP contribution in [-0.2, 0) is 11.3 Å². The molecule has 0 amide bonds. The molecular weight excluding hydrogens is 412 g/mol. The van der Waals surface area contributed by atoms with Crippen molar-refractivity contribution in [1.82, 2.24) is 10.2 Å². The Morgan fingerprint density at radius 3 is 2.71 bits per heavy atom. The number of aryl methyl sites for hydroxylation is 1. The van der Waals surface area contributed by atoms with E-state index in [-0.39, 0.29) is 13.2 Å². The van der Waals surface area contributed by atoms with Crippen LogP contribution in [0.1, 0.15) is 30.7 Å². The van der Waals surface area contributed by atoms with E-state index in [0.29, 0.717) is 28.8 Å². The molecule has 3 aromatic rings. The second kappa shape index (κ2) is 9.76. The summed E-state index contributed by atoms with van der Waals surface area (Å²) in [5.74, 6) is 6.64. The summed E-state index contributed by atoms with van der Waals surface area (Å²) in [5, 5.41) is 23.1. The lowest BCUT2D eigenvalue weighted by atomic mass is 10.1. The Balaban J connectivity index is 1.96. The van der Waals surface area contributed by atoms with Crippen LogP contribution in [0.4, 0.5) is 11.5 Å². The molecule has 158 valence electrons. The Bertz CT molecular complexity index is 1210. The molecule has 1 heterocycles. The van der Waals surface area contributed by atoms with Gasteiger partial charge in [0.25, 0.3) is 0 Å². The number of aromatic nitrogens is 2. The summed E-state index contributed by atoms with van der Waals surface area (Å²) < 4.78 is 5.54. The quantitative estimate of drug-likeness (QED) is 0.426. The average molecular weight is 435 g/mol. The highest BCUT2D eigenvalue weighted by Gasteiger charge is 2.15. The first-order valence-corrected chi connectivity index (χ1v) is 10.2. The number of fused-ring (bicyclic) bond motifs is 1. The van der Waals surface area contributed by atoms with Crippen molar-refractivity contribution in [2.75, 3.05) is 18.5 Å². The lowest BCUT2D eigenvalue weighted by Gasteiger charge is -2.17. The van der Waals surface area contributed by atoms with Gasteiger partial charge in [0, 0.05) is 22.3 Å². The molecule has 2 N–H and O–H groups in total. The minimum atomic E-state index is -0.741. The van der Waals surface area contributed by atoms with E-state index in [0.717, 1.165) is 21.9 Å². The number of rotatable bonds is 6. The van der Waals surface area contributed by atoms with Crippen LogP contribution in [0.2, 0.25) is 5.02 Å². The first-order chi connectivity index (χ1) is 14.8. The fraction of sp³-hybridized carbons (Fsp3) is 0.292. The minimum absolute atomic E-state index is 0.0696. The summed E-state index contributed by atoms with van der Waals surface area (Å²) in [6, 6.07) is 11.2. The van der Waals surface area contributed by atoms with Crippen LogP contribution in [0, 0.1) is 25.3 Å². The van der Waals surface area contributed by atoms with Crippen molar-refractivity contribution in [1.29, 1.82) is 0 Å². The van der Waals surface area contributed by atoms with Gasteiger partial charge in [0.2, 0.25) is 0 Å². The van der Waals surface area contributed by atoms with E-state index in [4.69, 9.17) is 28.0 Å². The molecule has 0 bridgehead atoms. The van der Waals surface area contributed by atoms with E-state index < -0.39 is 5.60 Å². The summed E-state index contributed by atoms with van der Waals surface area (Å²) >= 11 is 6.23. The van der Waals surface area contributed by atoms with E-state index in [1.165, 1.54) is 0 Å². The Morgan fingerprint density at radius 1 is 1.19 bits per heavy atom. The van der Waals surface area contributed by atoms with Gasteiger partial charge in [-0.15, -0.1) is 10.2 Å². The summed E-state index contributed by atoms with van der Waals surface area (Å²) in [6.45, 7) is 13.6. The number of ether oxygens (including phenoxy) is 1. The topological polar surface area (TPSA) is 71.6 Å². The number of aliphatic hydroxyl groups is 1. The largest absolute Gasteiger partial charge is 0.394 e. The summed E-state index contributed by atoms with van der Waals surface area (Å²) in [7, 11) is 0. The number of hydrogen-bond acceptors (Lipinski definition) is 5. The molecule has 0 saturated carbocycles. The molecule has 0 spiro atoms. The lowest BCUT2D eigenvalue weighted by Crippen LogP contribution is -2.23. The van der Waals surface area contributed by atoms with Gasteiger partial charge in [-0.3, -0.25) is 0 Å². The van der Waals surface area contributed by atoms with Crippen molar-refractivity contribution >= 4 is 33.9 Å². The van der Waals surface area contributed by atoms with Crippen molar-refractivity contribution in [2.24, 2.45) is 0 Å².